The van der Waals surface area contributed by atoms with Gasteiger partial charge in [-0.1, -0.05) is 6.07 Å². The molecular weight excluding hydrogens is 266 g/mol. The minimum atomic E-state index is -1.12. The molecule has 0 spiro atoms. The van der Waals surface area contributed by atoms with Crippen LogP contribution in [0.1, 0.15) is 23.2 Å². The average Bonchev–Trinajstić information content (AvgIpc) is 2.47. The van der Waals surface area contributed by atoms with Gasteiger partial charge in [-0.2, -0.15) is 0 Å². The van der Waals surface area contributed by atoms with Gasteiger partial charge in [0.25, 0.3) is 5.91 Å². The Bertz CT molecular complexity index is 462. The standard InChI is InChI=1S/C14H18F2N2O2/c15-12-3-1-2-11(13(12)16)14(19)18-8-9-20-10-4-6-17-7-5-10/h1-3,10,17H,4-9H2,(H,18,19). The topological polar surface area (TPSA) is 50.4 Å². The highest BCUT2D eigenvalue weighted by Gasteiger charge is 2.15. The lowest BCUT2D eigenvalue weighted by atomic mass is 10.1. The van der Waals surface area contributed by atoms with Crippen LogP contribution >= 0.6 is 0 Å². The molecule has 0 radical (unpaired) electrons. The smallest absolute Gasteiger partial charge is 0.254 e. The van der Waals surface area contributed by atoms with Crippen molar-refractivity contribution in [2.24, 2.45) is 0 Å². The van der Waals surface area contributed by atoms with Crippen molar-refractivity contribution in [1.29, 1.82) is 0 Å². The molecule has 1 saturated heterocycles. The van der Waals surface area contributed by atoms with Crippen LogP contribution < -0.4 is 10.6 Å². The molecule has 2 N–H and O–H groups in total. The number of amides is 1. The van der Waals surface area contributed by atoms with Crippen molar-refractivity contribution in [2.75, 3.05) is 26.2 Å². The van der Waals surface area contributed by atoms with Gasteiger partial charge < -0.3 is 15.4 Å². The van der Waals surface area contributed by atoms with Crippen LogP contribution in [0.4, 0.5) is 8.78 Å². The lowest BCUT2D eigenvalue weighted by Gasteiger charge is -2.22. The molecule has 1 amide bonds. The molecule has 1 aromatic carbocycles. The number of benzene rings is 1. The van der Waals surface area contributed by atoms with Crippen LogP contribution in [0, 0.1) is 11.6 Å². The highest BCUT2D eigenvalue weighted by atomic mass is 19.2. The lowest BCUT2D eigenvalue weighted by molar-refractivity contribution is 0.0343. The summed E-state index contributed by atoms with van der Waals surface area (Å²) >= 11 is 0. The molecule has 0 saturated carbocycles. The number of hydrogen-bond donors (Lipinski definition) is 2. The van der Waals surface area contributed by atoms with Crippen molar-refractivity contribution in [3.8, 4) is 0 Å². The van der Waals surface area contributed by atoms with Crippen LogP contribution in [0.3, 0.4) is 0 Å². The zero-order valence-corrected chi connectivity index (χ0v) is 11.1. The van der Waals surface area contributed by atoms with Gasteiger partial charge in [0.15, 0.2) is 11.6 Å². The van der Waals surface area contributed by atoms with Crippen LogP contribution in [-0.4, -0.2) is 38.3 Å². The predicted molar refractivity (Wildman–Crippen MR) is 70.5 cm³/mol. The third-order valence-electron chi connectivity index (χ3n) is 3.22. The SMILES string of the molecule is O=C(NCCOC1CCNCC1)c1cccc(F)c1F. The molecular formula is C14H18F2N2O2. The molecule has 110 valence electrons. The largest absolute Gasteiger partial charge is 0.376 e. The van der Waals surface area contributed by atoms with Crippen molar-refractivity contribution >= 4 is 5.91 Å². The third-order valence-corrected chi connectivity index (χ3v) is 3.22. The fourth-order valence-corrected chi connectivity index (χ4v) is 2.13. The molecule has 0 aliphatic carbocycles. The summed E-state index contributed by atoms with van der Waals surface area (Å²) in [6.07, 6.45) is 2.11. The van der Waals surface area contributed by atoms with Crippen LogP contribution in [-0.2, 0) is 4.74 Å². The van der Waals surface area contributed by atoms with E-state index in [9.17, 15) is 13.6 Å². The van der Waals surface area contributed by atoms with Crippen molar-refractivity contribution in [3.05, 3.63) is 35.4 Å². The first-order chi connectivity index (χ1) is 9.68. The van der Waals surface area contributed by atoms with Crippen molar-refractivity contribution in [1.82, 2.24) is 10.6 Å². The average molecular weight is 284 g/mol. The summed E-state index contributed by atoms with van der Waals surface area (Å²) < 4.78 is 32.0. The van der Waals surface area contributed by atoms with Gasteiger partial charge in [-0.25, -0.2) is 8.78 Å². The Balaban J connectivity index is 1.73. The molecule has 2 rings (SSSR count). The highest BCUT2D eigenvalue weighted by molar-refractivity contribution is 5.94. The number of ether oxygens (including phenoxy) is 1. The zero-order valence-electron chi connectivity index (χ0n) is 11.1. The van der Waals surface area contributed by atoms with E-state index >= 15 is 0 Å². The minimum Gasteiger partial charge on any atom is -0.376 e. The molecule has 0 unspecified atom stereocenters. The molecule has 1 aliphatic heterocycles. The fourth-order valence-electron chi connectivity index (χ4n) is 2.13. The van der Waals surface area contributed by atoms with E-state index in [4.69, 9.17) is 4.74 Å². The maximum absolute atomic E-state index is 13.4. The second kappa shape index (κ2) is 7.31. The Morgan fingerprint density at radius 2 is 2.10 bits per heavy atom. The summed E-state index contributed by atoms with van der Waals surface area (Å²) in [7, 11) is 0. The quantitative estimate of drug-likeness (QED) is 0.805. The highest BCUT2D eigenvalue weighted by Crippen LogP contribution is 2.11. The van der Waals surface area contributed by atoms with Crippen LogP contribution in [0.2, 0.25) is 0 Å². The van der Waals surface area contributed by atoms with Crippen molar-refractivity contribution in [3.63, 3.8) is 0 Å². The van der Waals surface area contributed by atoms with E-state index in [2.05, 4.69) is 10.6 Å². The Morgan fingerprint density at radius 1 is 1.35 bits per heavy atom. The molecule has 0 atom stereocenters. The van der Waals surface area contributed by atoms with Crippen LogP contribution in [0.25, 0.3) is 0 Å². The van der Waals surface area contributed by atoms with Gasteiger partial charge in [0, 0.05) is 6.54 Å². The lowest BCUT2D eigenvalue weighted by Crippen LogP contribution is -2.35. The number of rotatable bonds is 5. The molecule has 1 aromatic rings. The molecule has 1 aliphatic rings. The first kappa shape index (κ1) is 14.9. The molecule has 0 bridgehead atoms. The van der Waals surface area contributed by atoms with Gasteiger partial charge in [0.05, 0.1) is 18.3 Å². The summed E-state index contributed by atoms with van der Waals surface area (Å²) in [6.45, 7) is 2.52. The molecule has 6 heteroatoms. The molecule has 1 heterocycles. The Kier molecular flexibility index (Phi) is 5.43. The molecule has 20 heavy (non-hydrogen) atoms. The minimum absolute atomic E-state index is 0.207. The normalized spacial score (nSPS) is 16.1. The second-order valence-corrected chi connectivity index (χ2v) is 4.68. The molecule has 1 fully saturated rings. The van der Waals surface area contributed by atoms with E-state index in [0.717, 1.165) is 32.0 Å². The van der Waals surface area contributed by atoms with E-state index in [0.29, 0.717) is 6.61 Å². The number of piperidine rings is 1. The summed E-state index contributed by atoms with van der Waals surface area (Å²) in [5, 5.41) is 5.75. The van der Waals surface area contributed by atoms with E-state index in [1.807, 2.05) is 0 Å². The Labute approximate surface area is 116 Å². The Morgan fingerprint density at radius 3 is 2.85 bits per heavy atom. The van der Waals surface area contributed by atoms with E-state index in [-0.39, 0.29) is 18.2 Å². The number of carbonyl (C=O) groups excluding carboxylic acids is 1. The summed E-state index contributed by atoms with van der Waals surface area (Å²) in [6, 6.07) is 3.53. The maximum atomic E-state index is 13.4. The first-order valence-electron chi connectivity index (χ1n) is 6.73. The summed E-state index contributed by atoms with van der Waals surface area (Å²) in [4.78, 5) is 11.7. The van der Waals surface area contributed by atoms with Gasteiger partial charge >= 0.3 is 0 Å². The molecule has 0 aromatic heterocycles. The first-order valence-corrected chi connectivity index (χ1v) is 6.73. The van der Waals surface area contributed by atoms with Gasteiger partial charge in [0.2, 0.25) is 0 Å². The van der Waals surface area contributed by atoms with E-state index in [1.54, 1.807) is 0 Å². The van der Waals surface area contributed by atoms with Crippen LogP contribution in [0.15, 0.2) is 18.2 Å². The van der Waals surface area contributed by atoms with Gasteiger partial charge in [0.1, 0.15) is 0 Å². The fraction of sp³-hybridized carbons (Fsp3) is 0.500. The number of hydrogen-bond acceptors (Lipinski definition) is 3. The van der Waals surface area contributed by atoms with Gasteiger partial charge in [-0.05, 0) is 38.1 Å². The van der Waals surface area contributed by atoms with E-state index in [1.165, 1.54) is 12.1 Å². The number of halogens is 2. The number of carbonyl (C=O) groups is 1. The van der Waals surface area contributed by atoms with Gasteiger partial charge in [-0.15, -0.1) is 0 Å². The third kappa shape index (κ3) is 3.98. The van der Waals surface area contributed by atoms with Crippen LogP contribution in [0.5, 0.6) is 0 Å². The molecule has 4 nitrogen and oxygen atoms in total. The monoisotopic (exact) mass is 284 g/mol. The van der Waals surface area contributed by atoms with E-state index < -0.39 is 17.5 Å². The number of nitrogens with one attached hydrogen (secondary N) is 2. The van der Waals surface area contributed by atoms with Crippen molar-refractivity contribution in [2.45, 2.75) is 18.9 Å². The van der Waals surface area contributed by atoms with Crippen molar-refractivity contribution < 1.29 is 18.3 Å². The Hall–Kier alpha value is -1.53. The summed E-state index contributed by atoms with van der Waals surface area (Å²) in [5.41, 5.74) is -0.285. The maximum Gasteiger partial charge on any atom is 0.254 e. The predicted octanol–water partition coefficient (Wildman–Crippen LogP) is 1.46. The summed E-state index contributed by atoms with van der Waals surface area (Å²) in [5.74, 6) is -2.77. The second-order valence-electron chi connectivity index (χ2n) is 4.68. The zero-order chi connectivity index (χ0) is 14.4. The van der Waals surface area contributed by atoms with Gasteiger partial charge in [-0.3, -0.25) is 4.79 Å².